The number of ketones is 1. The van der Waals surface area contributed by atoms with Gasteiger partial charge in [-0.2, -0.15) is 4.31 Å². The van der Waals surface area contributed by atoms with Crippen LogP contribution in [0, 0.1) is 0 Å². The average molecular weight is 538 g/mol. The Labute approximate surface area is 195 Å². The van der Waals surface area contributed by atoms with Gasteiger partial charge in [0.15, 0.2) is 12.0 Å². The van der Waals surface area contributed by atoms with Gasteiger partial charge >= 0.3 is 21.3 Å². The molecule has 1 aliphatic rings. The molecule has 0 saturated carbocycles. The van der Waals surface area contributed by atoms with Gasteiger partial charge in [-0.25, -0.2) is 13.9 Å². The minimum absolute atomic E-state index is 0.215. The molecule has 0 bridgehead atoms. The molecule has 16 nitrogen and oxygen atoms in total. The second-order valence-electron chi connectivity index (χ2n) is 7.24. The lowest BCUT2D eigenvalue weighted by molar-refractivity contribution is -0.0555. The largest absolute Gasteiger partial charge is 0.536 e. The number of rotatable bonds is 9. The van der Waals surface area contributed by atoms with Crippen molar-refractivity contribution in [2.45, 2.75) is 31.1 Å². The van der Waals surface area contributed by atoms with Crippen LogP contribution in [0.5, 0.6) is 5.75 Å². The Balaban J connectivity index is 1.85. The first-order valence-corrected chi connectivity index (χ1v) is 12.6. The number of hydrogen-bond donors (Lipinski definition) is 6. The maximum Gasteiger partial charge on any atom is 0.536 e. The summed E-state index contributed by atoms with van der Waals surface area (Å²) in [6, 6.07) is 5.29. The van der Waals surface area contributed by atoms with Crippen molar-refractivity contribution in [2.24, 2.45) is 0 Å². The van der Waals surface area contributed by atoms with E-state index in [1.807, 2.05) is 0 Å². The molecule has 2 aromatic rings. The van der Waals surface area contributed by atoms with Crippen molar-refractivity contribution >= 4 is 21.4 Å². The van der Waals surface area contributed by atoms with Gasteiger partial charge in [0.25, 0.3) is 5.56 Å². The van der Waals surface area contributed by atoms with Crippen molar-refractivity contribution in [3.63, 3.8) is 0 Å². The van der Waals surface area contributed by atoms with E-state index in [9.17, 15) is 43.7 Å². The number of nitrogens with zero attached hydrogens (tertiary/aromatic N) is 2. The number of hydrogen-bond acceptors (Lipinski definition) is 11. The molecule has 0 amide bonds. The smallest absolute Gasteiger partial charge is 0.404 e. The highest BCUT2D eigenvalue weighted by atomic mass is 31.3. The van der Waals surface area contributed by atoms with Crippen LogP contribution in [0.2, 0.25) is 0 Å². The Hall–Kier alpha value is -2.49. The van der Waals surface area contributed by atoms with Gasteiger partial charge in [0.05, 0.1) is 13.2 Å². The molecule has 0 spiro atoms. The van der Waals surface area contributed by atoms with Crippen LogP contribution >= 0.6 is 15.6 Å². The quantitative estimate of drug-likeness (QED) is 0.151. The van der Waals surface area contributed by atoms with Crippen LogP contribution in [0.4, 0.5) is 0 Å². The summed E-state index contributed by atoms with van der Waals surface area (Å²) in [6.07, 6.45) is -4.80. The molecule has 0 aliphatic carbocycles. The van der Waals surface area contributed by atoms with Crippen LogP contribution in [0.25, 0.3) is 0 Å². The van der Waals surface area contributed by atoms with Gasteiger partial charge in [0, 0.05) is 17.8 Å². The molecule has 1 aliphatic heterocycles. The third-order valence-corrected chi connectivity index (χ3v) is 6.89. The number of carbonyl (C=O) groups is 1. The summed E-state index contributed by atoms with van der Waals surface area (Å²) < 4.78 is 37.2. The first-order valence-electron chi connectivity index (χ1n) is 9.59. The number of phosphoric acid groups is 2. The molecule has 1 unspecified atom stereocenters. The lowest BCUT2D eigenvalue weighted by Gasteiger charge is -2.18. The third-order valence-electron chi connectivity index (χ3n) is 4.77. The summed E-state index contributed by atoms with van der Waals surface area (Å²) in [4.78, 5) is 64.5. The first kappa shape index (κ1) is 27.1. The first-order chi connectivity index (χ1) is 16.2. The third kappa shape index (κ3) is 6.39. The van der Waals surface area contributed by atoms with Crippen molar-refractivity contribution in [3.05, 3.63) is 62.9 Å². The summed E-state index contributed by atoms with van der Waals surface area (Å²) in [7, 11) is -10.6. The fraction of sp³-hybridized carbons (Fsp3) is 0.353. The second-order valence-corrected chi connectivity index (χ2v) is 10.00. The fourth-order valence-electron chi connectivity index (χ4n) is 3.23. The van der Waals surface area contributed by atoms with Gasteiger partial charge in [-0.3, -0.25) is 23.6 Å². The van der Waals surface area contributed by atoms with E-state index in [0.717, 1.165) is 29.0 Å². The molecule has 18 heteroatoms. The molecule has 6 N–H and O–H groups in total. The second kappa shape index (κ2) is 10.2. The van der Waals surface area contributed by atoms with Crippen molar-refractivity contribution in [1.82, 2.24) is 9.13 Å². The Morgan fingerprint density at radius 3 is 2.37 bits per heavy atom. The summed E-state index contributed by atoms with van der Waals surface area (Å²) >= 11 is 0. The molecular weight excluding hydrogens is 518 g/mol. The van der Waals surface area contributed by atoms with Crippen LogP contribution in [0.15, 0.2) is 46.1 Å². The van der Waals surface area contributed by atoms with Crippen LogP contribution in [0.1, 0.15) is 16.6 Å². The summed E-state index contributed by atoms with van der Waals surface area (Å²) in [5, 5.41) is 29.2. The van der Waals surface area contributed by atoms with E-state index < -0.39 is 76.1 Å². The highest BCUT2D eigenvalue weighted by Gasteiger charge is 2.44. The van der Waals surface area contributed by atoms with Gasteiger partial charge in [-0.05, 0) is 12.1 Å². The SMILES string of the molecule is O=C(Cn1c(=O)ccn([C@@H]2O[C@H](CO)[C@@H](O)[C@H]2O)c1=O)c1cccc(OP(=O)(O)OP(=O)(O)O)c1. The highest BCUT2D eigenvalue weighted by molar-refractivity contribution is 7.60. The monoisotopic (exact) mass is 538 g/mol. The van der Waals surface area contributed by atoms with Crippen molar-refractivity contribution < 1.29 is 57.5 Å². The summed E-state index contributed by atoms with van der Waals surface area (Å²) in [5.74, 6) is -1.34. The number of aliphatic hydroxyl groups excluding tert-OH is 3. The van der Waals surface area contributed by atoms with E-state index in [2.05, 4.69) is 8.83 Å². The number of Topliss-reactive ketones (excluding diaryl/α,β-unsaturated/α-hetero) is 1. The van der Waals surface area contributed by atoms with Gasteiger partial charge in [-0.15, -0.1) is 0 Å². The molecule has 35 heavy (non-hydrogen) atoms. The Morgan fingerprint density at radius 1 is 1.09 bits per heavy atom. The summed E-state index contributed by atoms with van der Waals surface area (Å²) in [5.41, 5.74) is -2.19. The van der Waals surface area contributed by atoms with Crippen LogP contribution in [-0.2, 0) is 24.7 Å². The zero-order valence-corrected chi connectivity index (χ0v) is 19.2. The Bertz CT molecular complexity index is 1320. The fourth-order valence-corrected chi connectivity index (χ4v) is 4.81. The van der Waals surface area contributed by atoms with Gasteiger partial charge in [-0.1, -0.05) is 12.1 Å². The van der Waals surface area contributed by atoms with E-state index in [-0.39, 0.29) is 5.56 Å². The maximum atomic E-state index is 12.8. The van der Waals surface area contributed by atoms with Crippen LogP contribution in [-0.4, -0.2) is 69.8 Å². The van der Waals surface area contributed by atoms with E-state index >= 15 is 0 Å². The van der Waals surface area contributed by atoms with Gasteiger partial charge < -0.3 is 34.4 Å². The van der Waals surface area contributed by atoms with Crippen molar-refractivity contribution in [2.75, 3.05) is 6.61 Å². The Morgan fingerprint density at radius 2 is 1.77 bits per heavy atom. The van der Waals surface area contributed by atoms with Crippen LogP contribution < -0.4 is 15.8 Å². The number of carbonyl (C=O) groups excluding carboxylic acids is 1. The number of ether oxygens (including phenoxy) is 1. The molecule has 2 heterocycles. The predicted octanol–water partition coefficient (Wildman–Crippen LogP) is -1.91. The van der Waals surface area contributed by atoms with Gasteiger partial charge in [0.2, 0.25) is 0 Å². The molecule has 1 fully saturated rings. The molecule has 3 rings (SSSR count). The van der Waals surface area contributed by atoms with Crippen molar-refractivity contribution in [3.8, 4) is 5.75 Å². The molecule has 1 aromatic heterocycles. The topological polar surface area (TPSA) is 244 Å². The van der Waals surface area contributed by atoms with E-state index in [1.54, 1.807) is 0 Å². The molecule has 1 aromatic carbocycles. The summed E-state index contributed by atoms with van der Waals surface area (Å²) in [6.45, 7) is -1.48. The molecule has 0 radical (unpaired) electrons. The minimum Gasteiger partial charge on any atom is -0.404 e. The number of phosphoric ester groups is 1. The normalized spacial score (nSPS) is 24.2. The predicted molar refractivity (Wildman–Crippen MR) is 112 cm³/mol. The lowest BCUT2D eigenvalue weighted by Crippen LogP contribution is -2.44. The standard InChI is InChI=1S/C17H20N2O14P2/c20-8-12-14(23)15(24)16(31-12)18-5-4-13(22)19(17(18)25)7-11(21)9-2-1-3-10(6-9)32-35(29,30)33-34(26,27)28/h1-6,12,14-16,20,23-24H,7-8H2,(H,29,30)(H2,26,27,28)/t12-,14-,15-,16-/m1/s1. The number of benzene rings is 1. The van der Waals surface area contributed by atoms with Gasteiger partial charge in [0.1, 0.15) is 24.1 Å². The number of aliphatic hydroxyl groups is 3. The van der Waals surface area contributed by atoms with Crippen LogP contribution in [0.3, 0.4) is 0 Å². The minimum atomic E-state index is -5.38. The molecule has 1 saturated heterocycles. The van der Waals surface area contributed by atoms with Crippen molar-refractivity contribution in [1.29, 1.82) is 0 Å². The zero-order valence-electron chi connectivity index (χ0n) is 17.4. The van der Waals surface area contributed by atoms with E-state index in [1.165, 1.54) is 12.1 Å². The molecule has 192 valence electrons. The molecular formula is C17H20N2O14P2. The lowest BCUT2D eigenvalue weighted by atomic mass is 10.1. The average Bonchev–Trinajstić information content (AvgIpc) is 3.03. The zero-order chi connectivity index (χ0) is 26.1. The Kier molecular flexibility index (Phi) is 7.93. The molecule has 5 atom stereocenters. The van der Waals surface area contributed by atoms with E-state index in [4.69, 9.17) is 14.5 Å². The maximum absolute atomic E-state index is 12.8. The van der Waals surface area contributed by atoms with E-state index in [0.29, 0.717) is 4.57 Å². The number of aromatic nitrogens is 2. The highest BCUT2D eigenvalue weighted by Crippen LogP contribution is 2.57.